The van der Waals surface area contributed by atoms with E-state index in [-0.39, 0.29) is 36.8 Å². The Kier molecular flexibility index (Phi) is 8.14. The maximum atomic E-state index is 13.2. The van der Waals surface area contributed by atoms with Gasteiger partial charge in [0, 0.05) is 49.6 Å². The molecule has 2 aliphatic heterocycles. The molecule has 1 aromatic heterocycles. The van der Waals surface area contributed by atoms with Crippen LogP contribution in [0.2, 0.25) is 0 Å². The molecule has 2 fully saturated rings. The van der Waals surface area contributed by atoms with Gasteiger partial charge in [-0.25, -0.2) is 0 Å². The van der Waals surface area contributed by atoms with E-state index in [4.69, 9.17) is 14.2 Å². The molecule has 2 atom stereocenters. The SMILES string of the molecule is Cc1[nH]ccc1C(=O)N1CC[C@H]2OCc3cccc(c3)Oc3cc(OCC4CC4)cc(c3)C(=O)NCCC(=O)N[C@H]2C1. The summed E-state index contributed by atoms with van der Waals surface area (Å²) in [6, 6.07) is 14.1. The summed E-state index contributed by atoms with van der Waals surface area (Å²) >= 11 is 0. The van der Waals surface area contributed by atoms with Crippen LogP contribution < -0.4 is 20.1 Å². The van der Waals surface area contributed by atoms with E-state index < -0.39 is 6.04 Å². The summed E-state index contributed by atoms with van der Waals surface area (Å²) in [5, 5.41) is 5.91. The number of aromatic nitrogens is 1. The van der Waals surface area contributed by atoms with E-state index in [1.807, 2.05) is 31.2 Å². The van der Waals surface area contributed by atoms with Crippen LogP contribution in [0.25, 0.3) is 0 Å². The molecule has 0 radical (unpaired) electrons. The van der Waals surface area contributed by atoms with Crippen LogP contribution >= 0.6 is 0 Å². The smallest absolute Gasteiger partial charge is 0.255 e. The molecule has 3 heterocycles. The van der Waals surface area contributed by atoms with E-state index >= 15 is 0 Å². The lowest BCUT2D eigenvalue weighted by Crippen LogP contribution is -2.57. The monoisotopic (exact) mass is 572 g/mol. The lowest BCUT2D eigenvalue weighted by atomic mass is 10.0. The molecule has 3 N–H and O–H groups in total. The van der Waals surface area contributed by atoms with Crippen molar-refractivity contribution < 1.29 is 28.6 Å². The van der Waals surface area contributed by atoms with Crippen LogP contribution in [0.5, 0.6) is 17.2 Å². The molecule has 10 nitrogen and oxygen atoms in total. The first kappa shape index (κ1) is 27.8. The molecule has 6 rings (SSSR count). The van der Waals surface area contributed by atoms with Gasteiger partial charge in [-0.05, 0) is 68.0 Å². The van der Waals surface area contributed by atoms with E-state index in [0.717, 1.165) is 24.1 Å². The average molecular weight is 573 g/mol. The van der Waals surface area contributed by atoms with Crippen molar-refractivity contribution in [1.82, 2.24) is 20.5 Å². The second kappa shape index (κ2) is 12.3. The van der Waals surface area contributed by atoms with Crippen molar-refractivity contribution in [2.45, 2.75) is 51.4 Å². The van der Waals surface area contributed by atoms with Crippen LogP contribution in [0, 0.1) is 12.8 Å². The van der Waals surface area contributed by atoms with E-state index in [9.17, 15) is 14.4 Å². The van der Waals surface area contributed by atoms with Gasteiger partial charge in [-0.2, -0.15) is 0 Å². The van der Waals surface area contributed by atoms with Gasteiger partial charge in [-0.15, -0.1) is 0 Å². The summed E-state index contributed by atoms with van der Waals surface area (Å²) in [5.74, 6) is 1.60. The molecule has 220 valence electrons. The zero-order valence-electron chi connectivity index (χ0n) is 23.7. The van der Waals surface area contributed by atoms with Crippen LogP contribution in [0.4, 0.5) is 0 Å². The number of benzene rings is 2. The summed E-state index contributed by atoms with van der Waals surface area (Å²) < 4.78 is 18.5. The number of nitrogens with one attached hydrogen (secondary N) is 3. The number of likely N-dealkylation sites (tertiary alicyclic amines) is 1. The highest BCUT2D eigenvalue weighted by atomic mass is 16.5. The molecule has 2 aromatic carbocycles. The van der Waals surface area contributed by atoms with Crippen molar-refractivity contribution in [2.75, 3.05) is 26.2 Å². The van der Waals surface area contributed by atoms with Crippen LogP contribution in [-0.4, -0.2) is 66.0 Å². The molecular formula is C32H36N4O6. The van der Waals surface area contributed by atoms with Crippen molar-refractivity contribution in [3.63, 3.8) is 0 Å². The molecule has 4 bridgehead atoms. The Bertz CT molecular complexity index is 1460. The van der Waals surface area contributed by atoms with Crippen molar-refractivity contribution in [3.8, 4) is 17.2 Å². The first-order chi connectivity index (χ1) is 20.4. The standard InChI is InChI=1S/C32H36N4O6/c1-20-27(7-10-33-20)32(39)36-12-9-29-28(17-36)35-30(37)8-11-34-31(38)23-14-25(40-18-21-5-6-21)16-26(15-23)42-24-4-2-3-22(13-24)19-41-29/h2-4,7,10,13-16,21,28-29,33H,5-6,8-9,11-12,17-19H2,1H3,(H,34,38)(H,35,37)/t28-,29+/m0/s1. The topological polar surface area (TPSA) is 122 Å². The second-order valence-electron chi connectivity index (χ2n) is 11.3. The van der Waals surface area contributed by atoms with Gasteiger partial charge in [0.15, 0.2) is 0 Å². The number of rotatable bonds is 4. The number of amides is 3. The number of aryl methyl sites for hydroxylation is 1. The minimum absolute atomic E-state index is 0.0795. The fourth-order valence-electron chi connectivity index (χ4n) is 5.36. The molecule has 1 saturated carbocycles. The molecule has 3 aromatic rings. The second-order valence-corrected chi connectivity index (χ2v) is 11.3. The van der Waals surface area contributed by atoms with Crippen LogP contribution in [-0.2, 0) is 16.1 Å². The zero-order chi connectivity index (χ0) is 29.1. The molecule has 0 spiro atoms. The minimum atomic E-state index is -0.401. The van der Waals surface area contributed by atoms with Crippen molar-refractivity contribution in [2.24, 2.45) is 5.92 Å². The van der Waals surface area contributed by atoms with Crippen molar-refractivity contribution in [3.05, 3.63) is 77.1 Å². The number of hydrogen-bond donors (Lipinski definition) is 3. The maximum absolute atomic E-state index is 13.2. The fraction of sp³-hybridized carbons (Fsp3) is 0.406. The van der Waals surface area contributed by atoms with E-state index in [0.29, 0.717) is 67.0 Å². The predicted octanol–water partition coefficient (Wildman–Crippen LogP) is 3.95. The number of piperidine rings is 1. The van der Waals surface area contributed by atoms with Gasteiger partial charge in [0.1, 0.15) is 17.2 Å². The van der Waals surface area contributed by atoms with Crippen LogP contribution in [0.3, 0.4) is 0 Å². The number of H-pyrrole nitrogens is 1. The molecule has 3 amide bonds. The van der Waals surface area contributed by atoms with E-state index in [1.54, 1.807) is 35.4 Å². The largest absolute Gasteiger partial charge is 0.493 e. The number of carbonyl (C=O) groups is 3. The Labute approximate surface area is 244 Å². The number of fused-ring (bicyclic) bond motifs is 5. The third-order valence-electron chi connectivity index (χ3n) is 7.93. The van der Waals surface area contributed by atoms with E-state index in [1.165, 1.54) is 0 Å². The normalized spacial score (nSPS) is 21.3. The first-order valence-electron chi connectivity index (χ1n) is 14.6. The summed E-state index contributed by atoms with van der Waals surface area (Å²) in [6.07, 6.45) is 4.43. The van der Waals surface area contributed by atoms with Crippen molar-refractivity contribution >= 4 is 17.7 Å². The molecule has 1 saturated heterocycles. The number of carbonyl (C=O) groups excluding carboxylic acids is 3. The fourth-order valence-corrected chi connectivity index (χ4v) is 5.36. The Hall–Kier alpha value is -4.31. The summed E-state index contributed by atoms with van der Waals surface area (Å²) in [7, 11) is 0. The van der Waals surface area contributed by atoms with Gasteiger partial charge in [-0.1, -0.05) is 12.1 Å². The minimum Gasteiger partial charge on any atom is -0.493 e. The van der Waals surface area contributed by atoms with Gasteiger partial charge in [0.05, 0.1) is 30.9 Å². The Morgan fingerprint density at radius 3 is 2.76 bits per heavy atom. The Morgan fingerprint density at radius 1 is 1.07 bits per heavy atom. The third-order valence-corrected chi connectivity index (χ3v) is 7.93. The molecular weight excluding hydrogens is 536 g/mol. The number of ether oxygens (including phenoxy) is 3. The summed E-state index contributed by atoms with van der Waals surface area (Å²) in [5.41, 5.74) is 2.72. The predicted molar refractivity (Wildman–Crippen MR) is 155 cm³/mol. The quantitative estimate of drug-likeness (QED) is 0.435. The number of hydrogen-bond acceptors (Lipinski definition) is 6. The lowest BCUT2D eigenvalue weighted by molar-refractivity contribution is -0.124. The van der Waals surface area contributed by atoms with Gasteiger partial charge in [0.25, 0.3) is 11.8 Å². The zero-order valence-corrected chi connectivity index (χ0v) is 23.7. The lowest BCUT2D eigenvalue weighted by Gasteiger charge is -2.39. The maximum Gasteiger partial charge on any atom is 0.255 e. The van der Waals surface area contributed by atoms with Gasteiger partial charge >= 0.3 is 0 Å². The average Bonchev–Trinajstić information content (AvgIpc) is 3.72. The third kappa shape index (κ3) is 6.76. The van der Waals surface area contributed by atoms with Gasteiger partial charge < -0.3 is 34.7 Å². The molecule has 0 unspecified atom stereocenters. The molecule has 1 aliphatic carbocycles. The van der Waals surface area contributed by atoms with Gasteiger partial charge in [-0.3, -0.25) is 14.4 Å². The van der Waals surface area contributed by atoms with Gasteiger partial charge in [0.2, 0.25) is 5.91 Å². The molecule has 10 heteroatoms. The Balaban J connectivity index is 1.22. The molecule has 3 aliphatic rings. The van der Waals surface area contributed by atoms with E-state index in [2.05, 4.69) is 15.6 Å². The Morgan fingerprint density at radius 2 is 1.95 bits per heavy atom. The number of nitrogens with zero attached hydrogens (tertiary/aromatic N) is 1. The highest BCUT2D eigenvalue weighted by molar-refractivity contribution is 5.96. The number of aromatic amines is 1. The van der Waals surface area contributed by atoms with Crippen molar-refractivity contribution in [1.29, 1.82) is 0 Å². The molecule has 42 heavy (non-hydrogen) atoms. The summed E-state index contributed by atoms with van der Waals surface area (Å²) in [4.78, 5) is 44.1. The highest BCUT2D eigenvalue weighted by Crippen LogP contribution is 2.32. The summed E-state index contributed by atoms with van der Waals surface area (Å²) in [6.45, 7) is 3.77. The van der Waals surface area contributed by atoms with Crippen LogP contribution in [0.15, 0.2) is 54.7 Å². The first-order valence-corrected chi connectivity index (χ1v) is 14.6. The van der Waals surface area contributed by atoms with Crippen LogP contribution in [0.1, 0.15) is 57.7 Å². The highest BCUT2D eigenvalue weighted by Gasteiger charge is 2.34.